The summed E-state index contributed by atoms with van der Waals surface area (Å²) < 4.78 is 28.0. The first-order valence-electron chi connectivity index (χ1n) is 14.9. The molecule has 4 aromatic carbocycles. The van der Waals surface area contributed by atoms with Gasteiger partial charge in [0, 0.05) is 37.6 Å². The third kappa shape index (κ3) is 9.22. The average molecular weight is 583 g/mol. The molecule has 0 N–H and O–H groups in total. The Hall–Kier alpha value is -4.04. The minimum atomic E-state index is 0.535. The predicted molar refractivity (Wildman–Crippen MR) is 171 cm³/mol. The highest BCUT2D eigenvalue weighted by atomic mass is 16.5. The van der Waals surface area contributed by atoms with Gasteiger partial charge in [0.2, 0.25) is 0 Å². The molecule has 43 heavy (non-hydrogen) atoms. The smallest absolute Gasteiger partial charge is 0.119 e. The van der Waals surface area contributed by atoms with Crippen LogP contribution in [0.5, 0.6) is 11.5 Å². The molecule has 1 heterocycles. The van der Waals surface area contributed by atoms with Gasteiger partial charge in [-0.25, -0.2) is 0 Å². The molecule has 0 bridgehead atoms. The van der Waals surface area contributed by atoms with Gasteiger partial charge in [0.15, 0.2) is 0 Å². The van der Waals surface area contributed by atoms with Gasteiger partial charge in [-0.2, -0.15) is 0 Å². The Bertz CT molecular complexity index is 1400. The quantitative estimate of drug-likeness (QED) is 0.149. The Kier molecular flexibility index (Phi) is 11.3. The molecule has 1 aliphatic rings. The summed E-state index contributed by atoms with van der Waals surface area (Å²) >= 11 is 0. The van der Waals surface area contributed by atoms with Crippen molar-refractivity contribution in [3.05, 3.63) is 119 Å². The molecule has 1 fully saturated rings. The van der Waals surface area contributed by atoms with Crippen LogP contribution in [-0.2, 0) is 40.5 Å². The molecule has 0 aliphatic carbocycles. The minimum absolute atomic E-state index is 0.535. The Labute approximate surface area is 255 Å². The highest BCUT2D eigenvalue weighted by Gasteiger charge is 2.14. The third-order valence-corrected chi connectivity index (χ3v) is 7.51. The molecule has 226 valence electrons. The minimum Gasteiger partial charge on any atom is -0.497 e. The fraction of sp³-hybridized carbons (Fsp3) is 0.333. The largest absolute Gasteiger partial charge is 0.497 e. The standard InChI is InChI=1S/C36H42N2O5/c1-39-35-10-4-7-31(23-35)26-38(25-30-6-3-9-34(22-30)37-16-18-41-19-17-37)33-14-12-29(13-15-33)27-42-20-21-43-28-32-8-5-11-36(24-32)40-2/h3-15,22-24H,16-21,25-28H2,1-2H3. The monoisotopic (exact) mass is 582 g/mol. The summed E-state index contributed by atoms with van der Waals surface area (Å²) in [6.07, 6.45) is 0. The number of hydrogen-bond acceptors (Lipinski definition) is 7. The van der Waals surface area contributed by atoms with Crippen LogP contribution < -0.4 is 19.3 Å². The molecule has 0 aromatic heterocycles. The predicted octanol–water partition coefficient (Wildman–Crippen LogP) is 6.48. The van der Waals surface area contributed by atoms with Crippen molar-refractivity contribution in [2.24, 2.45) is 0 Å². The van der Waals surface area contributed by atoms with E-state index in [2.05, 4.69) is 70.5 Å². The van der Waals surface area contributed by atoms with Crippen molar-refractivity contribution in [3.8, 4) is 11.5 Å². The van der Waals surface area contributed by atoms with Gasteiger partial charge in [0.05, 0.1) is 53.9 Å². The molecule has 1 aliphatic heterocycles. The van der Waals surface area contributed by atoms with Gasteiger partial charge in [-0.15, -0.1) is 0 Å². The zero-order valence-electron chi connectivity index (χ0n) is 25.2. The Balaban J connectivity index is 1.19. The topological polar surface area (TPSA) is 52.6 Å². The number of ether oxygens (including phenoxy) is 5. The molecule has 0 amide bonds. The van der Waals surface area contributed by atoms with Gasteiger partial charge in [0.1, 0.15) is 11.5 Å². The van der Waals surface area contributed by atoms with E-state index in [0.29, 0.717) is 26.4 Å². The molecule has 4 aromatic rings. The van der Waals surface area contributed by atoms with E-state index in [9.17, 15) is 0 Å². The molecular weight excluding hydrogens is 540 g/mol. The first-order chi connectivity index (χ1) is 21.2. The fourth-order valence-electron chi connectivity index (χ4n) is 5.19. The lowest BCUT2D eigenvalue weighted by Gasteiger charge is -2.30. The summed E-state index contributed by atoms with van der Waals surface area (Å²) in [5.74, 6) is 1.70. The SMILES string of the molecule is COc1cccc(COCCOCc2ccc(N(Cc3cccc(OC)c3)Cc3cccc(N4CCOCC4)c3)cc2)c1. The maximum Gasteiger partial charge on any atom is 0.119 e. The molecule has 1 saturated heterocycles. The molecular formula is C36H42N2O5. The second kappa shape index (κ2) is 16.0. The van der Waals surface area contributed by atoms with Crippen LogP contribution in [0, 0.1) is 0 Å². The summed E-state index contributed by atoms with van der Waals surface area (Å²) in [6.45, 7) is 7.10. The summed E-state index contributed by atoms with van der Waals surface area (Å²) in [5, 5.41) is 0. The van der Waals surface area contributed by atoms with Crippen LogP contribution in [0.3, 0.4) is 0 Å². The average Bonchev–Trinajstić information content (AvgIpc) is 3.07. The van der Waals surface area contributed by atoms with Crippen molar-refractivity contribution in [2.45, 2.75) is 26.3 Å². The molecule has 0 radical (unpaired) electrons. The van der Waals surface area contributed by atoms with Crippen LogP contribution in [0.4, 0.5) is 11.4 Å². The molecule has 7 nitrogen and oxygen atoms in total. The summed E-state index contributed by atoms with van der Waals surface area (Å²) in [7, 11) is 3.38. The van der Waals surface area contributed by atoms with E-state index >= 15 is 0 Å². The number of rotatable bonds is 15. The lowest BCUT2D eigenvalue weighted by atomic mass is 10.1. The van der Waals surface area contributed by atoms with Crippen LogP contribution in [0.1, 0.15) is 22.3 Å². The Morgan fingerprint density at radius 1 is 0.628 bits per heavy atom. The van der Waals surface area contributed by atoms with Gasteiger partial charge in [-0.3, -0.25) is 0 Å². The van der Waals surface area contributed by atoms with E-state index < -0.39 is 0 Å². The molecule has 0 unspecified atom stereocenters. The van der Waals surface area contributed by atoms with Gasteiger partial charge in [-0.05, 0) is 70.8 Å². The third-order valence-electron chi connectivity index (χ3n) is 7.51. The number of anilines is 2. The fourth-order valence-corrected chi connectivity index (χ4v) is 5.19. The number of nitrogens with zero attached hydrogens (tertiary/aromatic N) is 2. The highest BCUT2D eigenvalue weighted by Crippen LogP contribution is 2.25. The van der Waals surface area contributed by atoms with Gasteiger partial charge in [0.25, 0.3) is 0 Å². The number of hydrogen-bond donors (Lipinski definition) is 0. The molecule has 5 rings (SSSR count). The van der Waals surface area contributed by atoms with Crippen LogP contribution in [-0.4, -0.2) is 53.7 Å². The second-order valence-corrected chi connectivity index (χ2v) is 10.6. The number of methoxy groups -OCH3 is 2. The normalized spacial score (nSPS) is 13.1. The van der Waals surface area contributed by atoms with E-state index in [-0.39, 0.29) is 0 Å². The molecule has 0 spiro atoms. The number of morpholine rings is 1. The summed E-state index contributed by atoms with van der Waals surface area (Å²) in [4.78, 5) is 4.81. The van der Waals surface area contributed by atoms with Crippen LogP contribution in [0.2, 0.25) is 0 Å². The second-order valence-electron chi connectivity index (χ2n) is 10.6. The van der Waals surface area contributed by atoms with Gasteiger partial charge < -0.3 is 33.5 Å². The van der Waals surface area contributed by atoms with Crippen molar-refractivity contribution in [1.82, 2.24) is 0 Å². The van der Waals surface area contributed by atoms with E-state index in [1.807, 2.05) is 36.4 Å². The zero-order chi connectivity index (χ0) is 29.7. The van der Waals surface area contributed by atoms with E-state index in [1.165, 1.54) is 16.8 Å². The van der Waals surface area contributed by atoms with E-state index in [0.717, 1.165) is 67.7 Å². The number of benzene rings is 4. The van der Waals surface area contributed by atoms with Crippen LogP contribution >= 0.6 is 0 Å². The van der Waals surface area contributed by atoms with Crippen molar-refractivity contribution in [1.29, 1.82) is 0 Å². The molecule has 0 saturated carbocycles. The first kappa shape index (κ1) is 30.4. The van der Waals surface area contributed by atoms with Crippen LogP contribution in [0.15, 0.2) is 97.1 Å². The maximum atomic E-state index is 5.90. The summed E-state index contributed by atoms with van der Waals surface area (Å²) in [5.41, 5.74) is 7.10. The lowest BCUT2D eigenvalue weighted by Crippen LogP contribution is -2.36. The van der Waals surface area contributed by atoms with Gasteiger partial charge >= 0.3 is 0 Å². The first-order valence-corrected chi connectivity index (χ1v) is 14.9. The van der Waals surface area contributed by atoms with Crippen molar-refractivity contribution in [2.75, 3.05) is 63.5 Å². The van der Waals surface area contributed by atoms with E-state index in [4.69, 9.17) is 23.7 Å². The maximum absolute atomic E-state index is 5.90. The zero-order valence-corrected chi connectivity index (χ0v) is 25.2. The molecule has 0 atom stereocenters. The lowest BCUT2D eigenvalue weighted by molar-refractivity contribution is 0.0338. The van der Waals surface area contributed by atoms with Gasteiger partial charge in [-0.1, -0.05) is 48.5 Å². The molecule has 7 heteroatoms. The highest BCUT2D eigenvalue weighted by molar-refractivity contribution is 5.52. The Morgan fingerprint density at radius 2 is 1.19 bits per heavy atom. The Morgan fingerprint density at radius 3 is 1.84 bits per heavy atom. The van der Waals surface area contributed by atoms with E-state index in [1.54, 1.807) is 14.2 Å². The van der Waals surface area contributed by atoms with Crippen molar-refractivity contribution < 1.29 is 23.7 Å². The van der Waals surface area contributed by atoms with Crippen molar-refractivity contribution >= 4 is 11.4 Å². The van der Waals surface area contributed by atoms with Crippen molar-refractivity contribution in [3.63, 3.8) is 0 Å². The van der Waals surface area contributed by atoms with Crippen LogP contribution in [0.25, 0.3) is 0 Å². The summed E-state index contributed by atoms with van der Waals surface area (Å²) in [6, 6.07) is 33.7.